The van der Waals surface area contributed by atoms with Gasteiger partial charge in [0, 0.05) is 13.1 Å². The Morgan fingerprint density at radius 3 is 2.94 bits per heavy atom. The number of oxazole rings is 1. The number of hydrogen-bond donors (Lipinski definition) is 0. The number of anilines is 1. The Hall–Kier alpha value is -1.52. The van der Waals surface area contributed by atoms with Gasteiger partial charge in [0.2, 0.25) is 0 Å². The molecule has 5 nitrogen and oxygen atoms in total. The maximum Gasteiger partial charge on any atom is 0.360 e. The van der Waals surface area contributed by atoms with E-state index in [1.807, 2.05) is 0 Å². The van der Waals surface area contributed by atoms with Crippen LogP contribution >= 0.6 is 0 Å². The Balaban J connectivity index is 2.01. The Morgan fingerprint density at radius 1 is 1.59 bits per heavy atom. The molecule has 0 spiro atoms. The van der Waals surface area contributed by atoms with Crippen LogP contribution in [0.2, 0.25) is 0 Å². The molecule has 94 valence electrons. The molecule has 1 aromatic rings. The Bertz CT molecular complexity index is 385. The Kier molecular flexibility index (Phi) is 3.66. The number of nitrogens with zero attached hydrogens (tertiary/aromatic N) is 2. The highest BCUT2D eigenvalue weighted by molar-refractivity contribution is 5.87. The van der Waals surface area contributed by atoms with Crippen LogP contribution in [0.4, 0.5) is 6.01 Å². The van der Waals surface area contributed by atoms with Crippen LogP contribution in [0.3, 0.4) is 0 Å². The minimum atomic E-state index is -0.426. The third-order valence-electron chi connectivity index (χ3n) is 2.80. The number of carbonyl (C=O) groups is 1. The van der Waals surface area contributed by atoms with Crippen molar-refractivity contribution in [2.24, 2.45) is 5.92 Å². The van der Waals surface area contributed by atoms with E-state index in [2.05, 4.69) is 16.8 Å². The Labute approximate surface area is 101 Å². The quantitative estimate of drug-likeness (QED) is 0.710. The molecule has 0 amide bonds. The molecule has 1 aliphatic rings. The molecule has 1 saturated carbocycles. The van der Waals surface area contributed by atoms with Gasteiger partial charge in [-0.25, -0.2) is 4.79 Å². The number of carbonyl (C=O) groups excluding carboxylic acids is 1. The van der Waals surface area contributed by atoms with Gasteiger partial charge in [0.05, 0.1) is 6.61 Å². The second kappa shape index (κ2) is 5.21. The van der Waals surface area contributed by atoms with E-state index in [0.29, 0.717) is 12.6 Å². The van der Waals surface area contributed by atoms with Crippen molar-refractivity contribution in [2.75, 3.05) is 24.6 Å². The lowest BCUT2D eigenvalue weighted by Crippen LogP contribution is -2.25. The molecule has 0 N–H and O–H groups in total. The first-order chi connectivity index (χ1) is 8.24. The fourth-order valence-corrected chi connectivity index (χ4v) is 1.66. The molecular formula is C12H18N2O3. The summed E-state index contributed by atoms with van der Waals surface area (Å²) in [6.45, 7) is 5.96. The molecule has 1 aromatic heterocycles. The highest BCUT2D eigenvalue weighted by Gasteiger charge is 2.26. The summed E-state index contributed by atoms with van der Waals surface area (Å²) in [5, 5.41) is 0. The first-order valence-electron chi connectivity index (χ1n) is 6.12. The molecule has 0 radical (unpaired) electrons. The van der Waals surface area contributed by atoms with Crippen LogP contribution < -0.4 is 4.90 Å². The van der Waals surface area contributed by atoms with Crippen LogP contribution in [-0.2, 0) is 4.74 Å². The van der Waals surface area contributed by atoms with Crippen LogP contribution in [0.1, 0.15) is 37.2 Å². The predicted octanol–water partition coefficient (Wildman–Crippen LogP) is 2.09. The van der Waals surface area contributed by atoms with Gasteiger partial charge in [-0.3, -0.25) is 0 Å². The van der Waals surface area contributed by atoms with Crippen LogP contribution in [0.5, 0.6) is 0 Å². The van der Waals surface area contributed by atoms with Crippen molar-refractivity contribution >= 4 is 12.0 Å². The predicted molar refractivity (Wildman–Crippen MR) is 63.1 cm³/mol. The van der Waals surface area contributed by atoms with E-state index in [1.54, 1.807) is 6.92 Å². The first-order valence-corrected chi connectivity index (χ1v) is 6.12. The fraction of sp³-hybridized carbons (Fsp3) is 0.667. The number of esters is 1. The summed E-state index contributed by atoms with van der Waals surface area (Å²) in [6, 6.07) is 0.516. The monoisotopic (exact) mass is 238 g/mol. The van der Waals surface area contributed by atoms with Crippen LogP contribution in [0, 0.1) is 5.92 Å². The fourth-order valence-electron chi connectivity index (χ4n) is 1.66. The van der Waals surface area contributed by atoms with E-state index >= 15 is 0 Å². The highest BCUT2D eigenvalue weighted by atomic mass is 16.5. The van der Waals surface area contributed by atoms with Crippen molar-refractivity contribution in [1.82, 2.24) is 4.98 Å². The zero-order valence-corrected chi connectivity index (χ0v) is 10.3. The molecule has 0 aliphatic heterocycles. The van der Waals surface area contributed by atoms with Gasteiger partial charge in [0.15, 0.2) is 5.69 Å². The average molecular weight is 238 g/mol. The van der Waals surface area contributed by atoms with E-state index < -0.39 is 5.97 Å². The van der Waals surface area contributed by atoms with Gasteiger partial charge in [-0.15, -0.1) is 0 Å². The molecule has 2 rings (SSSR count). The van der Waals surface area contributed by atoms with Gasteiger partial charge in [-0.1, -0.05) is 0 Å². The number of aromatic nitrogens is 1. The second-order valence-electron chi connectivity index (χ2n) is 4.22. The molecule has 5 heteroatoms. The maximum absolute atomic E-state index is 11.4. The second-order valence-corrected chi connectivity index (χ2v) is 4.22. The summed E-state index contributed by atoms with van der Waals surface area (Å²) < 4.78 is 10.2. The van der Waals surface area contributed by atoms with Crippen LogP contribution in [0.15, 0.2) is 10.7 Å². The van der Waals surface area contributed by atoms with E-state index in [1.165, 1.54) is 19.1 Å². The summed E-state index contributed by atoms with van der Waals surface area (Å²) in [5.74, 6) is 0.331. The van der Waals surface area contributed by atoms with Crippen molar-refractivity contribution < 1.29 is 13.9 Å². The molecule has 0 aromatic carbocycles. The van der Waals surface area contributed by atoms with Gasteiger partial charge < -0.3 is 14.1 Å². The van der Waals surface area contributed by atoms with Crippen molar-refractivity contribution in [3.05, 3.63) is 12.0 Å². The molecule has 0 saturated heterocycles. The molecule has 1 fully saturated rings. The summed E-state index contributed by atoms with van der Waals surface area (Å²) in [5.41, 5.74) is 0.246. The Morgan fingerprint density at radius 2 is 2.35 bits per heavy atom. The van der Waals surface area contributed by atoms with Gasteiger partial charge in [0.1, 0.15) is 6.26 Å². The smallest absolute Gasteiger partial charge is 0.360 e. The van der Waals surface area contributed by atoms with E-state index in [4.69, 9.17) is 9.15 Å². The third-order valence-corrected chi connectivity index (χ3v) is 2.80. The van der Waals surface area contributed by atoms with Crippen LogP contribution in [0.25, 0.3) is 0 Å². The SMILES string of the molecule is CCOC(=O)c1coc(N(CC)CC2CC2)n1. The summed E-state index contributed by atoms with van der Waals surface area (Å²) in [4.78, 5) is 17.7. The molecule has 0 bridgehead atoms. The zero-order chi connectivity index (χ0) is 12.3. The van der Waals surface area contributed by atoms with Crippen molar-refractivity contribution in [1.29, 1.82) is 0 Å². The lowest BCUT2D eigenvalue weighted by Gasteiger charge is -2.17. The number of rotatable bonds is 6. The van der Waals surface area contributed by atoms with E-state index in [0.717, 1.165) is 19.0 Å². The number of hydrogen-bond acceptors (Lipinski definition) is 5. The summed E-state index contributed by atoms with van der Waals surface area (Å²) in [7, 11) is 0. The first kappa shape index (κ1) is 12.0. The topological polar surface area (TPSA) is 55.6 Å². The average Bonchev–Trinajstić information content (AvgIpc) is 3.01. The largest absolute Gasteiger partial charge is 0.461 e. The maximum atomic E-state index is 11.4. The van der Waals surface area contributed by atoms with Gasteiger partial charge >= 0.3 is 5.97 Å². The minimum absolute atomic E-state index is 0.246. The molecular weight excluding hydrogens is 220 g/mol. The van der Waals surface area contributed by atoms with Crippen molar-refractivity contribution in [3.63, 3.8) is 0 Å². The summed E-state index contributed by atoms with van der Waals surface area (Å²) in [6.07, 6.45) is 3.92. The lowest BCUT2D eigenvalue weighted by molar-refractivity contribution is 0.0519. The number of ether oxygens (including phenoxy) is 1. The normalized spacial score (nSPS) is 14.7. The molecule has 17 heavy (non-hydrogen) atoms. The van der Waals surface area contributed by atoms with Crippen LogP contribution in [-0.4, -0.2) is 30.6 Å². The standard InChI is InChI=1S/C12H18N2O3/c1-3-14(7-9-5-6-9)12-13-10(8-17-12)11(15)16-4-2/h8-9H,3-7H2,1-2H3. The molecule has 1 aliphatic carbocycles. The highest BCUT2D eigenvalue weighted by Crippen LogP contribution is 2.31. The minimum Gasteiger partial charge on any atom is -0.461 e. The van der Waals surface area contributed by atoms with Gasteiger partial charge in [-0.05, 0) is 32.6 Å². The molecule has 1 heterocycles. The third kappa shape index (κ3) is 2.99. The van der Waals surface area contributed by atoms with E-state index in [9.17, 15) is 4.79 Å². The van der Waals surface area contributed by atoms with E-state index in [-0.39, 0.29) is 5.69 Å². The molecule has 0 unspecified atom stereocenters. The lowest BCUT2D eigenvalue weighted by atomic mass is 10.4. The zero-order valence-electron chi connectivity index (χ0n) is 10.3. The molecule has 0 atom stereocenters. The van der Waals surface area contributed by atoms with Gasteiger partial charge in [-0.2, -0.15) is 4.98 Å². The van der Waals surface area contributed by atoms with Crippen molar-refractivity contribution in [2.45, 2.75) is 26.7 Å². The van der Waals surface area contributed by atoms with Gasteiger partial charge in [0.25, 0.3) is 6.01 Å². The van der Waals surface area contributed by atoms with Crippen molar-refractivity contribution in [3.8, 4) is 0 Å². The summed E-state index contributed by atoms with van der Waals surface area (Å²) >= 11 is 0.